The van der Waals surface area contributed by atoms with Crippen LogP contribution < -0.4 is 0 Å². The van der Waals surface area contributed by atoms with E-state index in [0.717, 1.165) is 29.8 Å². The number of hydrogen-bond donors (Lipinski definition) is 0. The molecule has 21 heavy (non-hydrogen) atoms. The molecule has 1 aliphatic rings. The molecule has 0 aliphatic heterocycles. The first kappa shape index (κ1) is 14.8. The molecule has 2 aromatic rings. The highest BCUT2D eigenvalue weighted by atomic mass is 35.5. The van der Waals surface area contributed by atoms with E-state index in [2.05, 4.69) is 9.97 Å². The van der Waals surface area contributed by atoms with E-state index in [4.69, 9.17) is 23.2 Å². The summed E-state index contributed by atoms with van der Waals surface area (Å²) in [5.41, 5.74) is 1.69. The monoisotopic (exact) mass is 320 g/mol. The summed E-state index contributed by atoms with van der Waals surface area (Å²) in [5, 5.41) is 0.917. The van der Waals surface area contributed by atoms with Gasteiger partial charge in [-0.05, 0) is 18.4 Å². The van der Waals surface area contributed by atoms with Gasteiger partial charge < -0.3 is 0 Å². The Kier molecular flexibility index (Phi) is 4.77. The van der Waals surface area contributed by atoms with E-state index in [1.54, 1.807) is 0 Å². The van der Waals surface area contributed by atoms with E-state index in [9.17, 15) is 0 Å². The Hall–Kier alpha value is -1.12. The lowest BCUT2D eigenvalue weighted by atomic mass is 9.99. The van der Waals surface area contributed by atoms with E-state index >= 15 is 0 Å². The molecule has 0 atom stereocenters. The van der Waals surface area contributed by atoms with Gasteiger partial charge in [-0.2, -0.15) is 0 Å². The molecule has 4 heteroatoms. The third-order valence-corrected chi connectivity index (χ3v) is 4.67. The van der Waals surface area contributed by atoms with Crippen molar-refractivity contribution < 1.29 is 0 Å². The van der Waals surface area contributed by atoms with Gasteiger partial charge in [0.15, 0.2) is 0 Å². The van der Waals surface area contributed by atoms with Crippen molar-refractivity contribution in [3.63, 3.8) is 0 Å². The van der Waals surface area contributed by atoms with Crippen molar-refractivity contribution in [2.45, 2.75) is 44.4 Å². The minimum atomic E-state index is 0.396. The summed E-state index contributed by atoms with van der Waals surface area (Å²) >= 11 is 12.8. The average Bonchev–Trinajstić information content (AvgIpc) is 2.76. The Bertz CT molecular complexity index is 582. The molecule has 2 nitrogen and oxygen atoms in total. The maximum absolute atomic E-state index is 6.39. The second-order valence-corrected chi connectivity index (χ2v) is 6.31. The highest BCUT2D eigenvalue weighted by molar-refractivity contribution is 6.37. The minimum absolute atomic E-state index is 0.396. The van der Waals surface area contributed by atoms with Gasteiger partial charge in [-0.3, -0.25) is 0 Å². The number of halogens is 2. The first-order valence-corrected chi connectivity index (χ1v) is 8.29. The van der Waals surface area contributed by atoms with Crippen molar-refractivity contribution >= 4 is 23.2 Å². The molecule has 0 bridgehead atoms. The third kappa shape index (κ3) is 3.38. The van der Waals surface area contributed by atoms with E-state index in [-0.39, 0.29) is 0 Å². The summed E-state index contributed by atoms with van der Waals surface area (Å²) in [5.74, 6) is 1.21. The van der Waals surface area contributed by atoms with Gasteiger partial charge in [-0.25, -0.2) is 9.97 Å². The van der Waals surface area contributed by atoms with Gasteiger partial charge in [0.05, 0.1) is 5.56 Å². The normalized spacial score (nSPS) is 16.7. The molecule has 1 heterocycles. The molecule has 1 aliphatic carbocycles. The fraction of sp³-hybridized carbons (Fsp3) is 0.412. The number of aromatic nitrogens is 2. The van der Waals surface area contributed by atoms with E-state index in [1.807, 2.05) is 30.3 Å². The summed E-state index contributed by atoms with van der Waals surface area (Å²) in [4.78, 5) is 9.09. The van der Waals surface area contributed by atoms with Gasteiger partial charge in [0, 0.05) is 5.92 Å². The van der Waals surface area contributed by atoms with Crippen LogP contribution in [-0.4, -0.2) is 9.97 Å². The lowest BCUT2D eigenvalue weighted by molar-refractivity contribution is 0.560. The van der Waals surface area contributed by atoms with Crippen LogP contribution >= 0.6 is 23.2 Å². The van der Waals surface area contributed by atoms with Crippen LogP contribution in [0.25, 0.3) is 11.1 Å². The van der Waals surface area contributed by atoms with Gasteiger partial charge >= 0.3 is 0 Å². The van der Waals surface area contributed by atoms with E-state index in [0.29, 0.717) is 16.2 Å². The Morgan fingerprint density at radius 2 is 1.38 bits per heavy atom. The number of rotatable bonds is 2. The lowest BCUT2D eigenvalue weighted by Gasteiger charge is -2.15. The van der Waals surface area contributed by atoms with Crippen molar-refractivity contribution in [3.8, 4) is 11.1 Å². The molecule has 1 saturated carbocycles. The van der Waals surface area contributed by atoms with E-state index < -0.39 is 0 Å². The molecule has 1 fully saturated rings. The largest absolute Gasteiger partial charge is 0.220 e. The van der Waals surface area contributed by atoms with Crippen LogP contribution in [0.15, 0.2) is 30.3 Å². The second-order valence-electron chi connectivity index (χ2n) is 5.59. The fourth-order valence-corrected chi connectivity index (χ4v) is 3.60. The smallest absolute Gasteiger partial charge is 0.142 e. The van der Waals surface area contributed by atoms with E-state index in [1.165, 1.54) is 25.7 Å². The molecule has 0 radical (unpaired) electrons. The maximum Gasteiger partial charge on any atom is 0.142 e. The van der Waals surface area contributed by atoms with Gasteiger partial charge in [-0.1, -0.05) is 79.2 Å². The third-order valence-electron chi connectivity index (χ3n) is 4.12. The molecule has 1 aromatic heterocycles. The predicted molar refractivity (Wildman–Crippen MR) is 87.9 cm³/mol. The first-order valence-electron chi connectivity index (χ1n) is 7.54. The maximum atomic E-state index is 6.39. The quantitative estimate of drug-likeness (QED) is 0.509. The Morgan fingerprint density at radius 1 is 0.810 bits per heavy atom. The standard InChI is InChI=1S/C17H18Cl2N2/c18-15-14(12-8-6-3-7-9-12)16(19)21-17(20-15)13-10-4-1-2-5-11-13/h3,6-9,13H,1-2,4-5,10-11H2. The van der Waals surface area contributed by atoms with Crippen molar-refractivity contribution in [3.05, 3.63) is 46.5 Å². The van der Waals surface area contributed by atoms with Crippen LogP contribution in [-0.2, 0) is 0 Å². The number of hydrogen-bond acceptors (Lipinski definition) is 2. The lowest BCUT2D eigenvalue weighted by Crippen LogP contribution is -2.05. The van der Waals surface area contributed by atoms with Gasteiger partial charge in [-0.15, -0.1) is 0 Å². The number of benzene rings is 1. The number of nitrogens with zero attached hydrogens (tertiary/aromatic N) is 2. The van der Waals surface area contributed by atoms with Gasteiger partial charge in [0.2, 0.25) is 0 Å². The molecule has 0 saturated heterocycles. The van der Waals surface area contributed by atoms with Crippen LogP contribution in [0.1, 0.15) is 50.3 Å². The summed E-state index contributed by atoms with van der Waals surface area (Å²) in [6, 6.07) is 9.83. The van der Waals surface area contributed by atoms with Crippen LogP contribution in [0.2, 0.25) is 10.3 Å². The molecule has 3 rings (SSSR count). The van der Waals surface area contributed by atoms with Crippen molar-refractivity contribution in [1.82, 2.24) is 9.97 Å². The summed E-state index contributed by atoms with van der Waals surface area (Å²) in [6.07, 6.45) is 7.36. The SMILES string of the molecule is Clc1nc(C2CCCCCC2)nc(Cl)c1-c1ccccc1. The highest BCUT2D eigenvalue weighted by Crippen LogP contribution is 2.36. The second kappa shape index (κ2) is 6.76. The van der Waals surface area contributed by atoms with Crippen LogP contribution in [0.5, 0.6) is 0 Å². The zero-order valence-electron chi connectivity index (χ0n) is 11.9. The Morgan fingerprint density at radius 3 is 1.95 bits per heavy atom. The Balaban J connectivity index is 1.96. The first-order chi connectivity index (χ1) is 10.3. The molecule has 0 unspecified atom stereocenters. The zero-order valence-corrected chi connectivity index (χ0v) is 13.4. The molecule has 110 valence electrons. The minimum Gasteiger partial charge on any atom is -0.220 e. The summed E-state index contributed by atoms with van der Waals surface area (Å²) in [7, 11) is 0. The topological polar surface area (TPSA) is 25.8 Å². The molecule has 0 amide bonds. The predicted octanol–water partition coefficient (Wildman–Crippen LogP) is 5.89. The summed E-state index contributed by atoms with van der Waals surface area (Å²) < 4.78 is 0. The zero-order chi connectivity index (χ0) is 14.7. The van der Waals surface area contributed by atoms with Crippen LogP contribution in [0.4, 0.5) is 0 Å². The molecule has 1 aromatic carbocycles. The van der Waals surface area contributed by atoms with Crippen molar-refractivity contribution in [2.24, 2.45) is 0 Å². The van der Waals surface area contributed by atoms with Crippen LogP contribution in [0, 0.1) is 0 Å². The van der Waals surface area contributed by atoms with Gasteiger partial charge in [0.25, 0.3) is 0 Å². The summed E-state index contributed by atoms with van der Waals surface area (Å²) in [6.45, 7) is 0. The molecular weight excluding hydrogens is 303 g/mol. The van der Waals surface area contributed by atoms with Gasteiger partial charge in [0.1, 0.15) is 16.1 Å². The van der Waals surface area contributed by atoms with Crippen molar-refractivity contribution in [1.29, 1.82) is 0 Å². The molecule has 0 N–H and O–H groups in total. The Labute approximate surface area is 135 Å². The van der Waals surface area contributed by atoms with Crippen molar-refractivity contribution in [2.75, 3.05) is 0 Å². The molecule has 0 spiro atoms. The average molecular weight is 321 g/mol. The molecular formula is C17H18Cl2N2. The fourth-order valence-electron chi connectivity index (χ4n) is 2.99. The highest BCUT2D eigenvalue weighted by Gasteiger charge is 2.21. The van der Waals surface area contributed by atoms with Crippen LogP contribution in [0.3, 0.4) is 0 Å².